The fourth-order valence-electron chi connectivity index (χ4n) is 2.59. The molecule has 0 aliphatic heterocycles. The molecule has 2 aromatic rings. The van der Waals surface area contributed by atoms with Crippen molar-refractivity contribution < 1.29 is 22.7 Å². The SMILES string of the molecule is CCCCNS(=O)(=O)c1ccc(OCC(=O)NC(C)c2ccc(OC)cc2)cc1. The molecule has 0 aliphatic rings. The standard InChI is InChI=1S/C21H28N2O5S/c1-4-5-14-22-29(25,26)20-12-10-19(11-13-20)28-15-21(24)23-16(2)17-6-8-18(27-3)9-7-17/h6-13,16,22H,4-5,14-15H2,1-3H3,(H,23,24). The molecule has 8 heteroatoms. The quantitative estimate of drug-likeness (QED) is 0.545. The first-order valence-corrected chi connectivity index (χ1v) is 11.0. The van der Waals surface area contributed by atoms with Crippen LogP contribution in [0, 0.1) is 0 Å². The van der Waals surface area contributed by atoms with Crippen LogP contribution in [0.3, 0.4) is 0 Å². The van der Waals surface area contributed by atoms with E-state index in [0.717, 1.165) is 24.2 Å². The summed E-state index contributed by atoms with van der Waals surface area (Å²) in [5, 5.41) is 2.86. The molecule has 0 aliphatic carbocycles. The number of benzene rings is 2. The summed E-state index contributed by atoms with van der Waals surface area (Å²) in [6.07, 6.45) is 1.69. The molecular weight excluding hydrogens is 392 g/mol. The molecular formula is C21H28N2O5S. The number of hydrogen-bond acceptors (Lipinski definition) is 5. The molecule has 2 aromatic carbocycles. The Balaban J connectivity index is 1.85. The van der Waals surface area contributed by atoms with Gasteiger partial charge in [-0.2, -0.15) is 0 Å². The zero-order valence-corrected chi connectivity index (χ0v) is 17.8. The van der Waals surface area contributed by atoms with Gasteiger partial charge in [0.1, 0.15) is 11.5 Å². The predicted octanol–water partition coefficient (Wildman–Crippen LogP) is 3.03. The first-order valence-electron chi connectivity index (χ1n) is 9.51. The van der Waals surface area contributed by atoms with E-state index < -0.39 is 10.0 Å². The zero-order valence-electron chi connectivity index (χ0n) is 17.0. The number of hydrogen-bond donors (Lipinski definition) is 2. The summed E-state index contributed by atoms with van der Waals surface area (Å²) in [7, 11) is -1.93. The van der Waals surface area contributed by atoms with Crippen LogP contribution in [0.15, 0.2) is 53.4 Å². The van der Waals surface area contributed by atoms with Gasteiger partial charge in [-0.1, -0.05) is 25.5 Å². The van der Waals surface area contributed by atoms with E-state index in [1.165, 1.54) is 24.3 Å². The van der Waals surface area contributed by atoms with E-state index in [-0.39, 0.29) is 23.5 Å². The third kappa shape index (κ3) is 7.07. The van der Waals surface area contributed by atoms with Crippen LogP contribution in [0.5, 0.6) is 11.5 Å². The molecule has 0 spiro atoms. The number of ether oxygens (including phenoxy) is 2. The second-order valence-electron chi connectivity index (χ2n) is 6.57. The average molecular weight is 421 g/mol. The number of carbonyl (C=O) groups is 1. The van der Waals surface area contributed by atoms with Gasteiger partial charge in [0.2, 0.25) is 10.0 Å². The molecule has 0 fully saturated rings. The Bertz CT molecular complexity index is 880. The Morgan fingerprint density at radius 2 is 1.66 bits per heavy atom. The van der Waals surface area contributed by atoms with Gasteiger partial charge >= 0.3 is 0 Å². The van der Waals surface area contributed by atoms with Gasteiger partial charge in [0, 0.05) is 6.54 Å². The molecule has 7 nitrogen and oxygen atoms in total. The Morgan fingerprint density at radius 3 is 2.24 bits per heavy atom. The minimum absolute atomic E-state index is 0.165. The highest BCUT2D eigenvalue weighted by Gasteiger charge is 2.14. The number of rotatable bonds is 11. The minimum atomic E-state index is -3.53. The van der Waals surface area contributed by atoms with Gasteiger partial charge < -0.3 is 14.8 Å². The van der Waals surface area contributed by atoms with Crippen LogP contribution in [0.2, 0.25) is 0 Å². The number of unbranched alkanes of at least 4 members (excludes halogenated alkanes) is 1. The number of sulfonamides is 1. The van der Waals surface area contributed by atoms with Gasteiger partial charge in [-0.3, -0.25) is 4.79 Å². The molecule has 29 heavy (non-hydrogen) atoms. The van der Waals surface area contributed by atoms with E-state index in [9.17, 15) is 13.2 Å². The molecule has 1 amide bonds. The van der Waals surface area contributed by atoms with Crippen molar-refractivity contribution in [2.24, 2.45) is 0 Å². The molecule has 1 unspecified atom stereocenters. The van der Waals surface area contributed by atoms with Crippen molar-refractivity contribution in [1.82, 2.24) is 10.0 Å². The molecule has 0 saturated carbocycles. The van der Waals surface area contributed by atoms with Crippen LogP contribution in [0.1, 0.15) is 38.3 Å². The summed E-state index contributed by atoms with van der Waals surface area (Å²) in [6.45, 7) is 4.12. The van der Waals surface area contributed by atoms with Crippen molar-refractivity contribution in [2.45, 2.75) is 37.6 Å². The maximum absolute atomic E-state index is 12.2. The number of carbonyl (C=O) groups excluding carboxylic acids is 1. The summed E-state index contributed by atoms with van der Waals surface area (Å²) in [6, 6.07) is 13.3. The van der Waals surface area contributed by atoms with Gasteiger partial charge in [0.05, 0.1) is 18.0 Å². The lowest BCUT2D eigenvalue weighted by Gasteiger charge is -2.15. The van der Waals surface area contributed by atoms with Crippen molar-refractivity contribution in [3.63, 3.8) is 0 Å². The van der Waals surface area contributed by atoms with Crippen molar-refractivity contribution in [3.05, 3.63) is 54.1 Å². The van der Waals surface area contributed by atoms with E-state index in [1.54, 1.807) is 7.11 Å². The van der Waals surface area contributed by atoms with Gasteiger partial charge in [-0.05, 0) is 55.3 Å². The van der Waals surface area contributed by atoms with Crippen LogP contribution < -0.4 is 19.5 Å². The summed E-state index contributed by atoms with van der Waals surface area (Å²) in [5.74, 6) is 0.901. The summed E-state index contributed by atoms with van der Waals surface area (Å²) in [4.78, 5) is 12.3. The topological polar surface area (TPSA) is 93.7 Å². The van der Waals surface area contributed by atoms with Crippen LogP contribution >= 0.6 is 0 Å². The van der Waals surface area contributed by atoms with E-state index in [0.29, 0.717) is 12.3 Å². The first kappa shape index (κ1) is 22.7. The van der Waals surface area contributed by atoms with E-state index in [4.69, 9.17) is 9.47 Å². The molecule has 0 saturated heterocycles. The van der Waals surface area contributed by atoms with Crippen molar-refractivity contribution in [1.29, 1.82) is 0 Å². The highest BCUT2D eigenvalue weighted by Crippen LogP contribution is 2.18. The van der Waals surface area contributed by atoms with Crippen LogP contribution in [-0.2, 0) is 14.8 Å². The third-order valence-electron chi connectivity index (χ3n) is 4.32. The Hall–Kier alpha value is -2.58. The third-order valence-corrected chi connectivity index (χ3v) is 5.80. The lowest BCUT2D eigenvalue weighted by atomic mass is 10.1. The Kier molecular flexibility index (Phi) is 8.48. The molecule has 2 rings (SSSR count). The van der Waals surface area contributed by atoms with Crippen LogP contribution in [0.25, 0.3) is 0 Å². The van der Waals surface area contributed by atoms with Crippen LogP contribution in [0.4, 0.5) is 0 Å². The smallest absolute Gasteiger partial charge is 0.258 e. The van der Waals surface area contributed by atoms with Crippen molar-refractivity contribution in [3.8, 4) is 11.5 Å². The summed E-state index contributed by atoms with van der Waals surface area (Å²) < 4.78 is 37.4. The molecule has 158 valence electrons. The molecule has 0 heterocycles. The van der Waals surface area contributed by atoms with Gasteiger partial charge in [-0.15, -0.1) is 0 Å². The van der Waals surface area contributed by atoms with E-state index in [2.05, 4.69) is 10.0 Å². The number of amides is 1. The Labute approximate surface area is 172 Å². The normalized spacial score (nSPS) is 12.2. The number of methoxy groups -OCH3 is 1. The maximum Gasteiger partial charge on any atom is 0.258 e. The maximum atomic E-state index is 12.2. The average Bonchev–Trinajstić information content (AvgIpc) is 2.72. The molecule has 2 N–H and O–H groups in total. The van der Waals surface area contributed by atoms with Crippen molar-refractivity contribution in [2.75, 3.05) is 20.3 Å². The highest BCUT2D eigenvalue weighted by atomic mass is 32.2. The van der Waals surface area contributed by atoms with Crippen LogP contribution in [-0.4, -0.2) is 34.6 Å². The lowest BCUT2D eigenvalue weighted by Crippen LogP contribution is -2.31. The highest BCUT2D eigenvalue weighted by molar-refractivity contribution is 7.89. The van der Waals surface area contributed by atoms with Crippen molar-refractivity contribution >= 4 is 15.9 Å². The first-order chi connectivity index (χ1) is 13.9. The second kappa shape index (κ2) is 10.8. The van der Waals surface area contributed by atoms with E-state index >= 15 is 0 Å². The van der Waals surface area contributed by atoms with Gasteiger partial charge in [0.25, 0.3) is 5.91 Å². The van der Waals surface area contributed by atoms with Gasteiger partial charge in [-0.25, -0.2) is 13.1 Å². The lowest BCUT2D eigenvalue weighted by molar-refractivity contribution is -0.123. The zero-order chi connectivity index (χ0) is 21.3. The molecule has 0 bridgehead atoms. The minimum Gasteiger partial charge on any atom is -0.497 e. The largest absolute Gasteiger partial charge is 0.497 e. The monoisotopic (exact) mass is 420 g/mol. The predicted molar refractivity (Wildman–Crippen MR) is 112 cm³/mol. The second-order valence-corrected chi connectivity index (χ2v) is 8.34. The number of nitrogens with one attached hydrogen (secondary N) is 2. The molecule has 0 aromatic heterocycles. The fraction of sp³-hybridized carbons (Fsp3) is 0.381. The van der Waals surface area contributed by atoms with Gasteiger partial charge in [0.15, 0.2) is 6.61 Å². The Morgan fingerprint density at radius 1 is 1.03 bits per heavy atom. The fourth-order valence-corrected chi connectivity index (χ4v) is 3.66. The summed E-state index contributed by atoms with van der Waals surface area (Å²) >= 11 is 0. The molecule has 0 radical (unpaired) electrons. The molecule has 1 atom stereocenters. The summed E-state index contributed by atoms with van der Waals surface area (Å²) in [5.41, 5.74) is 0.948. The van der Waals surface area contributed by atoms with E-state index in [1.807, 2.05) is 38.1 Å².